The van der Waals surface area contributed by atoms with Crippen molar-refractivity contribution in [1.29, 1.82) is 0 Å². The summed E-state index contributed by atoms with van der Waals surface area (Å²) in [6, 6.07) is 10.2. The molecule has 4 aliphatic heterocycles. The molecule has 6 rings (SSSR count). The number of hydrogen-bond acceptors (Lipinski definition) is 6. The minimum atomic E-state index is -2.05. The summed E-state index contributed by atoms with van der Waals surface area (Å²) >= 11 is 0. The van der Waals surface area contributed by atoms with Gasteiger partial charge in [0.25, 0.3) is 6.48 Å². The van der Waals surface area contributed by atoms with Gasteiger partial charge in [-0.1, -0.05) is 51.1 Å². The Labute approximate surface area is 173 Å². The van der Waals surface area contributed by atoms with Crippen molar-refractivity contribution in [1.82, 2.24) is 0 Å². The van der Waals surface area contributed by atoms with Gasteiger partial charge >= 0.3 is 0 Å². The summed E-state index contributed by atoms with van der Waals surface area (Å²) in [6.07, 6.45) is -0.156. The van der Waals surface area contributed by atoms with E-state index in [0.717, 1.165) is 12.0 Å². The zero-order valence-electron chi connectivity index (χ0n) is 17.9. The minimum Gasteiger partial charge on any atom is -0.408 e. The summed E-state index contributed by atoms with van der Waals surface area (Å²) in [6.45, 7) is 11.8. The Morgan fingerprint density at radius 3 is 2.28 bits per heavy atom. The highest BCUT2D eigenvalue weighted by Crippen LogP contribution is 2.54. The SMILES string of the molecule is CC(C)(C)[Si](C)(C)O[C@@H]1[C@H]2O[C@@H]3O[C@@H]1[C@@]1(CCO1)[C@@H](O3)[C@H]2OCc1ccccc1. The van der Waals surface area contributed by atoms with Crippen molar-refractivity contribution in [3.8, 4) is 0 Å². The molecule has 4 heterocycles. The van der Waals surface area contributed by atoms with Gasteiger partial charge in [-0.25, -0.2) is 0 Å². The van der Waals surface area contributed by atoms with Crippen molar-refractivity contribution >= 4 is 8.32 Å². The first-order chi connectivity index (χ1) is 13.7. The molecule has 5 aliphatic rings. The smallest absolute Gasteiger partial charge is 0.273 e. The molecule has 0 amide bonds. The van der Waals surface area contributed by atoms with Gasteiger partial charge < -0.3 is 28.1 Å². The summed E-state index contributed by atoms with van der Waals surface area (Å²) in [4.78, 5) is 0. The molecule has 4 bridgehead atoms. The molecule has 5 fully saturated rings. The predicted octanol–water partition coefficient (Wildman–Crippen LogP) is 3.60. The number of benzene rings is 1. The second-order valence-electron chi connectivity index (χ2n) is 10.2. The fraction of sp³-hybridized carbons (Fsp3) is 0.727. The van der Waals surface area contributed by atoms with Gasteiger partial charge in [-0.15, -0.1) is 0 Å². The van der Waals surface area contributed by atoms with E-state index < -0.39 is 20.4 Å². The lowest BCUT2D eigenvalue weighted by atomic mass is 9.69. The standard InChI is InChI=1S/C22H32O6Si/c1-21(2,3)29(4,5)28-17-15-16(23-13-14-9-7-6-8-10-14)18-22(11-12-24-22)19(17)27-20(25-15)26-18/h6-10,15-20H,11-13H2,1-5H3/t15-,16-,17+,18-,19-,20-,22+/m0/s1. The normalized spacial score (nSPS) is 41.0. The first-order valence-corrected chi connectivity index (χ1v) is 13.6. The molecule has 0 radical (unpaired) electrons. The Balaban J connectivity index is 1.43. The van der Waals surface area contributed by atoms with E-state index in [4.69, 9.17) is 28.1 Å². The lowest BCUT2D eigenvalue weighted by Crippen LogP contribution is -2.84. The first-order valence-electron chi connectivity index (χ1n) is 10.6. The number of rotatable bonds is 5. The van der Waals surface area contributed by atoms with E-state index in [2.05, 4.69) is 46.0 Å². The van der Waals surface area contributed by atoms with Crippen LogP contribution in [0.2, 0.25) is 18.1 Å². The molecule has 1 spiro atoms. The second-order valence-corrected chi connectivity index (χ2v) is 14.9. The summed E-state index contributed by atoms with van der Waals surface area (Å²) in [5.41, 5.74) is 0.633. The molecule has 29 heavy (non-hydrogen) atoms. The summed E-state index contributed by atoms with van der Waals surface area (Å²) in [5, 5.41) is 0.0895. The molecule has 1 aromatic rings. The van der Waals surface area contributed by atoms with Crippen LogP contribution in [0.1, 0.15) is 32.8 Å². The first kappa shape index (κ1) is 20.1. The van der Waals surface area contributed by atoms with E-state index >= 15 is 0 Å². The van der Waals surface area contributed by atoms with E-state index in [9.17, 15) is 0 Å². The van der Waals surface area contributed by atoms with E-state index in [1.165, 1.54) is 0 Å². The lowest BCUT2D eigenvalue weighted by molar-refractivity contribution is -0.517. The Morgan fingerprint density at radius 2 is 1.69 bits per heavy atom. The summed E-state index contributed by atoms with van der Waals surface area (Å²) < 4.78 is 37.8. The molecular weight excluding hydrogens is 388 g/mol. The third-order valence-corrected chi connectivity index (χ3v) is 11.9. The van der Waals surface area contributed by atoms with E-state index in [1.807, 2.05) is 18.2 Å². The van der Waals surface area contributed by atoms with Crippen LogP contribution in [0.3, 0.4) is 0 Å². The van der Waals surface area contributed by atoms with Crippen LogP contribution >= 0.6 is 0 Å². The topological polar surface area (TPSA) is 55.4 Å². The molecule has 6 nitrogen and oxygen atoms in total. The third kappa shape index (κ3) is 3.14. The van der Waals surface area contributed by atoms with Crippen LogP contribution in [-0.4, -0.2) is 57.5 Å². The largest absolute Gasteiger partial charge is 0.408 e. The van der Waals surface area contributed by atoms with Gasteiger partial charge in [0.15, 0.2) is 8.32 Å². The van der Waals surface area contributed by atoms with Gasteiger partial charge in [-0.3, -0.25) is 0 Å². The fourth-order valence-corrected chi connectivity index (χ4v) is 5.93. The van der Waals surface area contributed by atoms with Crippen molar-refractivity contribution in [2.24, 2.45) is 0 Å². The summed E-state index contributed by atoms with van der Waals surface area (Å²) in [5.74, 6) is 0. The molecule has 0 N–H and O–H groups in total. The third-order valence-electron chi connectivity index (χ3n) is 7.38. The average Bonchev–Trinajstić information content (AvgIpc) is 2.62. The highest BCUT2D eigenvalue weighted by atomic mass is 28.4. The highest BCUT2D eigenvalue weighted by Gasteiger charge is 2.73. The van der Waals surface area contributed by atoms with Gasteiger partial charge in [0, 0.05) is 6.42 Å². The van der Waals surface area contributed by atoms with Gasteiger partial charge in [0.05, 0.1) is 13.2 Å². The van der Waals surface area contributed by atoms with Crippen LogP contribution in [0.5, 0.6) is 0 Å². The number of ether oxygens (including phenoxy) is 5. The van der Waals surface area contributed by atoms with E-state index in [1.54, 1.807) is 0 Å². The molecule has 4 saturated heterocycles. The lowest BCUT2D eigenvalue weighted by Gasteiger charge is -2.67. The van der Waals surface area contributed by atoms with Crippen molar-refractivity contribution in [2.75, 3.05) is 6.61 Å². The number of hydrogen-bond donors (Lipinski definition) is 0. The molecule has 7 atom stereocenters. The Morgan fingerprint density at radius 1 is 1.03 bits per heavy atom. The van der Waals surface area contributed by atoms with Crippen LogP contribution in [0.4, 0.5) is 0 Å². The van der Waals surface area contributed by atoms with Gasteiger partial charge in [0.2, 0.25) is 0 Å². The Hall–Kier alpha value is -0.803. The maximum absolute atomic E-state index is 6.87. The summed E-state index contributed by atoms with van der Waals surface area (Å²) in [7, 11) is -2.05. The fourth-order valence-electron chi connectivity index (χ4n) is 4.63. The second kappa shape index (κ2) is 6.85. The Bertz CT molecular complexity index is 743. The van der Waals surface area contributed by atoms with Crippen molar-refractivity contribution < 1.29 is 28.1 Å². The predicted molar refractivity (Wildman–Crippen MR) is 109 cm³/mol. The van der Waals surface area contributed by atoms with E-state index in [0.29, 0.717) is 13.2 Å². The van der Waals surface area contributed by atoms with Crippen LogP contribution in [-0.2, 0) is 34.7 Å². The zero-order valence-corrected chi connectivity index (χ0v) is 18.9. The van der Waals surface area contributed by atoms with Crippen LogP contribution < -0.4 is 0 Å². The molecule has 1 saturated carbocycles. The molecular formula is C22H32O6Si. The van der Waals surface area contributed by atoms with Crippen molar-refractivity contribution in [3.05, 3.63) is 35.9 Å². The van der Waals surface area contributed by atoms with Gasteiger partial charge in [-0.2, -0.15) is 0 Å². The molecule has 0 aromatic heterocycles. The maximum atomic E-state index is 6.87. The molecule has 1 aliphatic carbocycles. The monoisotopic (exact) mass is 420 g/mol. The average molecular weight is 421 g/mol. The zero-order chi connectivity index (χ0) is 20.4. The minimum absolute atomic E-state index is 0.0895. The van der Waals surface area contributed by atoms with Crippen molar-refractivity contribution in [2.45, 2.75) is 94.5 Å². The van der Waals surface area contributed by atoms with Gasteiger partial charge in [-0.05, 0) is 23.7 Å². The highest BCUT2D eigenvalue weighted by molar-refractivity contribution is 6.74. The van der Waals surface area contributed by atoms with Crippen LogP contribution in [0.25, 0.3) is 0 Å². The molecule has 1 aromatic carbocycles. The van der Waals surface area contributed by atoms with Crippen molar-refractivity contribution in [3.63, 3.8) is 0 Å². The molecule has 0 unspecified atom stereocenters. The maximum Gasteiger partial charge on any atom is 0.273 e. The van der Waals surface area contributed by atoms with E-state index in [-0.39, 0.29) is 35.6 Å². The molecule has 7 heteroatoms. The Kier molecular flexibility index (Phi) is 4.75. The van der Waals surface area contributed by atoms with Gasteiger partial charge in [0.1, 0.15) is 36.1 Å². The van der Waals surface area contributed by atoms with Crippen LogP contribution in [0.15, 0.2) is 30.3 Å². The molecule has 160 valence electrons. The van der Waals surface area contributed by atoms with Crippen LogP contribution in [0, 0.1) is 0 Å². The quantitative estimate of drug-likeness (QED) is 0.679.